The van der Waals surface area contributed by atoms with E-state index in [1.165, 1.54) is 0 Å². The molecule has 9 nitrogen and oxygen atoms in total. The number of carbonyl (C=O) groups excluding carboxylic acids is 4. The molecule has 0 heterocycles. The van der Waals surface area contributed by atoms with Gasteiger partial charge in [0, 0.05) is 6.54 Å². The van der Waals surface area contributed by atoms with Crippen LogP contribution in [0.5, 0.6) is 0 Å². The quantitative estimate of drug-likeness (QED) is 0.269. The molecule has 1 saturated carbocycles. The highest BCUT2D eigenvalue weighted by atomic mass is 16.6. The van der Waals surface area contributed by atoms with Crippen LogP contribution in [0, 0.1) is 0 Å². The molecule has 2 N–H and O–H groups in total. The molecule has 2 rings (SSSR count). The molecule has 0 aliphatic heterocycles. The highest BCUT2D eigenvalue weighted by molar-refractivity contribution is 5.96. The summed E-state index contributed by atoms with van der Waals surface area (Å²) >= 11 is 0. The molecule has 1 aromatic carbocycles. The second-order valence-electron chi connectivity index (χ2n) is 8.65. The molecule has 32 heavy (non-hydrogen) atoms. The minimum Gasteiger partial charge on any atom is -0.461 e. The minimum absolute atomic E-state index is 0.137. The number of alkyl carbamates (subject to hydrolysis) is 2. The largest absolute Gasteiger partial charge is 0.461 e. The Morgan fingerprint density at radius 2 is 1.69 bits per heavy atom. The van der Waals surface area contributed by atoms with Crippen molar-refractivity contribution in [3.63, 3.8) is 0 Å². The third-order valence-electron chi connectivity index (χ3n) is 4.69. The minimum atomic E-state index is -0.908. The average molecular weight is 449 g/mol. The van der Waals surface area contributed by atoms with Crippen LogP contribution in [-0.2, 0) is 19.0 Å². The molecule has 1 aromatic rings. The van der Waals surface area contributed by atoms with Gasteiger partial charge in [0.15, 0.2) is 0 Å². The van der Waals surface area contributed by atoms with Crippen molar-refractivity contribution in [3.05, 3.63) is 35.9 Å². The van der Waals surface area contributed by atoms with Gasteiger partial charge in [-0.3, -0.25) is 0 Å². The predicted octanol–water partition coefficient (Wildman–Crippen LogP) is 3.71. The Morgan fingerprint density at radius 3 is 2.31 bits per heavy atom. The van der Waals surface area contributed by atoms with Gasteiger partial charge in [-0.2, -0.15) is 0 Å². The monoisotopic (exact) mass is 448 g/mol. The van der Waals surface area contributed by atoms with Crippen molar-refractivity contribution in [2.75, 3.05) is 6.54 Å². The summed E-state index contributed by atoms with van der Waals surface area (Å²) in [7, 11) is 0. The summed E-state index contributed by atoms with van der Waals surface area (Å²) < 4.78 is 15.5. The van der Waals surface area contributed by atoms with Gasteiger partial charge in [0.05, 0.1) is 5.56 Å². The van der Waals surface area contributed by atoms with Gasteiger partial charge in [0.2, 0.25) is 0 Å². The first-order valence-electron chi connectivity index (χ1n) is 10.9. The zero-order valence-electron chi connectivity index (χ0n) is 18.8. The van der Waals surface area contributed by atoms with Crippen molar-refractivity contribution in [1.29, 1.82) is 0 Å². The lowest BCUT2D eigenvalue weighted by Crippen LogP contribution is -2.45. The van der Waals surface area contributed by atoms with Crippen LogP contribution >= 0.6 is 0 Å². The maximum Gasteiger partial charge on any atom is 0.415 e. The third-order valence-corrected chi connectivity index (χ3v) is 4.69. The topological polar surface area (TPSA) is 120 Å². The van der Waals surface area contributed by atoms with Crippen LogP contribution in [0.4, 0.5) is 9.59 Å². The van der Waals surface area contributed by atoms with Crippen LogP contribution in [0.15, 0.2) is 30.3 Å². The normalized spacial score (nSPS) is 14.8. The van der Waals surface area contributed by atoms with E-state index in [1.807, 2.05) is 0 Å². The second kappa shape index (κ2) is 12.1. The number of nitrogens with one attached hydrogen (secondary N) is 2. The molecule has 9 heteroatoms. The molecule has 2 amide bonds. The molecule has 176 valence electrons. The van der Waals surface area contributed by atoms with Crippen LogP contribution in [0.1, 0.15) is 69.7 Å². The molecule has 0 aromatic heterocycles. The van der Waals surface area contributed by atoms with E-state index in [2.05, 4.69) is 10.6 Å². The number of benzene rings is 1. The van der Waals surface area contributed by atoms with Gasteiger partial charge >= 0.3 is 24.1 Å². The van der Waals surface area contributed by atoms with Crippen molar-refractivity contribution in [2.24, 2.45) is 0 Å². The van der Waals surface area contributed by atoms with Crippen molar-refractivity contribution in [1.82, 2.24) is 10.6 Å². The molecule has 1 atom stereocenters. The molecule has 1 fully saturated rings. The van der Waals surface area contributed by atoms with Crippen molar-refractivity contribution >= 4 is 24.1 Å². The molecule has 0 spiro atoms. The zero-order valence-corrected chi connectivity index (χ0v) is 18.8. The van der Waals surface area contributed by atoms with Gasteiger partial charge in [0.25, 0.3) is 0 Å². The average Bonchev–Trinajstić information content (AvgIpc) is 3.22. The number of carbonyl (C=O) groups is 4. The molecule has 0 saturated heterocycles. The van der Waals surface area contributed by atoms with Gasteiger partial charge in [-0.15, -0.1) is 0 Å². The number of esters is 2. The van der Waals surface area contributed by atoms with Gasteiger partial charge in [-0.25, -0.2) is 19.2 Å². The molecule has 0 radical (unpaired) electrons. The van der Waals surface area contributed by atoms with Gasteiger partial charge in [-0.05, 0) is 71.4 Å². The smallest absolute Gasteiger partial charge is 0.415 e. The fourth-order valence-corrected chi connectivity index (χ4v) is 3.20. The first kappa shape index (κ1) is 25.2. The van der Waals surface area contributed by atoms with Gasteiger partial charge in [0.1, 0.15) is 17.7 Å². The summed E-state index contributed by atoms with van der Waals surface area (Å²) in [5.41, 5.74) is -0.445. The second-order valence-corrected chi connectivity index (χ2v) is 8.65. The molecule has 1 aliphatic carbocycles. The van der Waals surface area contributed by atoms with E-state index >= 15 is 0 Å². The van der Waals surface area contributed by atoms with E-state index in [0.717, 1.165) is 25.7 Å². The van der Waals surface area contributed by atoms with E-state index in [1.54, 1.807) is 51.1 Å². The molecule has 0 bridgehead atoms. The summed E-state index contributed by atoms with van der Waals surface area (Å²) in [4.78, 5) is 48.4. The molecule has 0 unspecified atom stereocenters. The summed E-state index contributed by atoms with van der Waals surface area (Å²) in [6, 6.07) is 7.25. The Kier molecular flexibility index (Phi) is 9.49. The van der Waals surface area contributed by atoms with E-state index in [-0.39, 0.29) is 24.6 Å². The van der Waals surface area contributed by atoms with E-state index in [9.17, 15) is 19.2 Å². The maximum absolute atomic E-state index is 12.6. The number of hydrogen-bond donors (Lipinski definition) is 2. The molecule has 1 aliphatic rings. The third kappa shape index (κ3) is 9.36. The SMILES string of the molecule is CC(C)(C)OC(=O)N[C@@H](CCCNC(=O)OC(=O)c1ccccc1)C(=O)OC1CCCC1. The Bertz CT molecular complexity index is 783. The summed E-state index contributed by atoms with van der Waals surface area (Å²) in [6.07, 6.45) is 2.47. The van der Waals surface area contributed by atoms with Crippen molar-refractivity contribution in [3.8, 4) is 0 Å². The lowest BCUT2D eigenvalue weighted by Gasteiger charge is -2.24. The highest BCUT2D eigenvalue weighted by Crippen LogP contribution is 2.21. The van der Waals surface area contributed by atoms with E-state index in [4.69, 9.17) is 14.2 Å². The highest BCUT2D eigenvalue weighted by Gasteiger charge is 2.28. The maximum atomic E-state index is 12.6. The summed E-state index contributed by atoms with van der Waals surface area (Å²) in [5, 5.41) is 5.02. The van der Waals surface area contributed by atoms with Gasteiger partial charge in [-0.1, -0.05) is 18.2 Å². The molecular weight excluding hydrogens is 416 g/mol. The Balaban J connectivity index is 1.81. The fourth-order valence-electron chi connectivity index (χ4n) is 3.20. The first-order chi connectivity index (χ1) is 15.1. The van der Waals surface area contributed by atoms with Crippen LogP contribution < -0.4 is 10.6 Å². The lowest BCUT2D eigenvalue weighted by molar-refractivity contribution is -0.151. The standard InChI is InChI=1S/C23H32N2O7/c1-23(2,3)32-22(29)25-18(20(27)30-17-12-7-8-13-17)14-9-15-24-21(28)31-19(26)16-10-5-4-6-11-16/h4-6,10-11,17-18H,7-9,12-15H2,1-3H3,(H,24,28)(H,25,29)/t18-/m0/s1. The van der Waals surface area contributed by atoms with Gasteiger partial charge < -0.3 is 24.8 Å². The summed E-state index contributed by atoms with van der Waals surface area (Å²) in [5.74, 6) is -1.28. The van der Waals surface area contributed by atoms with E-state index < -0.39 is 35.8 Å². The van der Waals surface area contributed by atoms with Crippen LogP contribution in [-0.4, -0.2) is 48.4 Å². The number of amides is 2. The number of rotatable bonds is 8. The summed E-state index contributed by atoms with van der Waals surface area (Å²) in [6.45, 7) is 5.32. The Morgan fingerprint density at radius 1 is 1.03 bits per heavy atom. The predicted molar refractivity (Wildman–Crippen MR) is 116 cm³/mol. The van der Waals surface area contributed by atoms with Crippen LogP contribution in [0.25, 0.3) is 0 Å². The molecular formula is C23H32N2O7. The Labute approximate surface area is 188 Å². The Hall–Kier alpha value is -3.10. The van der Waals surface area contributed by atoms with E-state index in [0.29, 0.717) is 6.42 Å². The van der Waals surface area contributed by atoms with Crippen molar-refractivity contribution < 1.29 is 33.4 Å². The van der Waals surface area contributed by atoms with Crippen LogP contribution in [0.3, 0.4) is 0 Å². The number of hydrogen-bond acceptors (Lipinski definition) is 7. The zero-order chi connectivity index (χ0) is 23.6. The van der Waals surface area contributed by atoms with Crippen molar-refractivity contribution in [2.45, 2.75) is 77.0 Å². The first-order valence-corrected chi connectivity index (χ1v) is 10.9. The number of ether oxygens (including phenoxy) is 3. The fraction of sp³-hybridized carbons (Fsp3) is 0.565. The lowest BCUT2D eigenvalue weighted by atomic mass is 10.1. The van der Waals surface area contributed by atoms with Crippen LogP contribution in [0.2, 0.25) is 0 Å².